The molecule has 3 nitrogen and oxygen atoms in total. The summed E-state index contributed by atoms with van der Waals surface area (Å²) in [5, 5.41) is 0. The van der Waals surface area contributed by atoms with Gasteiger partial charge in [-0.1, -0.05) is 205 Å². The van der Waals surface area contributed by atoms with Crippen LogP contribution in [0.1, 0.15) is 52.7 Å². The molecule has 0 bridgehead atoms. The first-order chi connectivity index (χ1) is 36.0. The summed E-state index contributed by atoms with van der Waals surface area (Å²) >= 11 is 3.79. The Morgan fingerprint density at radius 3 is 1.39 bits per heavy atom. The summed E-state index contributed by atoms with van der Waals surface area (Å²) in [6.45, 7) is 13.7. The second-order valence-electron chi connectivity index (χ2n) is 21.8. The Labute approximate surface area is 445 Å². The van der Waals surface area contributed by atoms with Crippen molar-refractivity contribution >= 4 is 86.8 Å². The molecule has 3 aliphatic rings. The highest BCUT2D eigenvalue weighted by Gasteiger charge is 2.47. The molecule has 0 saturated heterocycles. The predicted molar refractivity (Wildman–Crippen MR) is 318 cm³/mol. The van der Waals surface area contributed by atoms with Crippen LogP contribution in [0.3, 0.4) is 0 Å². The van der Waals surface area contributed by atoms with Gasteiger partial charge in [0.05, 0.1) is 5.69 Å². The Morgan fingerprint density at radius 2 is 0.824 bits per heavy atom. The van der Waals surface area contributed by atoms with Crippen molar-refractivity contribution in [2.24, 2.45) is 0 Å². The maximum absolute atomic E-state index is 2.69. The van der Waals surface area contributed by atoms with E-state index in [4.69, 9.17) is 0 Å². The topological polar surface area (TPSA) is 9.72 Å². The van der Waals surface area contributed by atoms with Gasteiger partial charge in [-0.15, -0.1) is 0 Å². The van der Waals surface area contributed by atoms with Crippen LogP contribution in [0.5, 0.6) is 0 Å². The minimum atomic E-state index is -0.206. The van der Waals surface area contributed by atoms with Gasteiger partial charge in [0, 0.05) is 76.1 Å². The molecule has 10 aromatic rings. The van der Waals surface area contributed by atoms with Gasteiger partial charge in [0.1, 0.15) is 0 Å². The van der Waals surface area contributed by atoms with Crippen LogP contribution in [0.25, 0.3) is 33.4 Å². The van der Waals surface area contributed by atoms with Gasteiger partial charge in [-0.25, -0.2) is 0 Å². The number of para-hydroxylation sites is 3. The normalized spacial score (nSPS) is 13.4. The third-order valence-electron chi connectivity index (χ3n) is 15.0. The van der Waals surface area contributed by atoms with Gasteiger partial charge in [0.15, 0.2) is 0 Å². The molecular weight excluding hydrogens is 934 g/mol. The van der Waals surface area contributed by atoms with Gasteiger partial charge in [0.2, 0.25) is 0 Å². The Balaban J connectivity index is 1.18. The lowest BCUT2D eigenvalue weighted by Gasteiger charge is -2.47. The Bertz CT molecular complexity index is 3730. The molecule has 0 N–H and O–H groups in total. The Kier molecular flexibility index (Phi) is 11.3. The zero-order valence-electron chi connectivity index (χ0n) is 42.7. The van der Waals surface area contributed by atoms with Crippen LogP contribution >= 0.6 is 23.5 Å². The highest BCUT2D eigenvalue weighted by Crippen LogP contribution is 2.55. The molecule has 0 unspecified atom stereocenters. The zero-order chi connectivity index (χ0) is 50.3. The maximum atomic E-state index is 2.69. The largest absolute Gasteiger partial charge is 0.376 e. The standard InChI is InChI=1S/C68H56BN3S2/c1-67(2,3)47-35-37-57(53(39-47)45-23-11-7-12-24-45)71-60-44-65-64(73-62-33-21-22-34-63(62)74-65)43-56(60)69-66-55(41-51(42-61(66)71)70(49-27-15-9-16-28-49)50-29-17-10-18-30-50)52-31-19-20-32-58(52)72(69)59-38-36-48(68(4,5)6)40-54(59)46-25-13-8-14-26-46/h7-44H,1-6H3. The highest BCUT2D eigenvalue weighted by atomic mass is 32.2. The average Bonchev–Trinajstić information content (AvgIpc) is 3.43. The third kappa shape index (κ3) is 7.94. The average molecular weight is 990 g/mol. The fraction of sp³-hybridized carbons (Fsp3) is 0.118. The van der Waals surface area contributed by atoms with E-state index in [9.17, 15) is 0 Å². The smallest absolute Gasteiger partial charge is 0.333 e. The molecule has 0 spiro atoms. The number of rotatable bonds is 7. The highest BCUT2D eigenvalue weighted by molar-refractivity contribution is 8.05. The van der Waals surface area contributed by atoms with Crippen LogP contribution in [0.4, 0.5) is 45.5 Å². The van der Waals surface area contributed by atoms with Crippen LogP contribution in [0.2, 0.25) is 0 Å². The van der Waals surface area contributed by atoms with Crippen LogP contribution in [0.15, 0.2) is 250 Å². The number of benzene rings is 10. The summed E-state index contributed by atoms with van der Waals surface area (Å²) in [5.74, 6) is 0. The molecule has 0 aromatic heterocycles. The van der Waals surface area contributed by atoms with Crippen molar-refractivity contribution in [2.75, 3.05) is 14.6 Å². The first-order valence-electron chi connectivity index (χ1n) is 25.8. The molecule has 0 radical (unpaired) electrons. The van der Waals surface area contributed by atoms with Crippen molar-refractivity contribution in [1.29, 1.82) is 0 Å². The zero-order valence-corrected chi connectivity index (χ0v) is 44.3. The van der Waals surface area contributed by atoms with E-state index < -0.39 is 0 Å². The summed E-state index contributed by atoms with van der Waals surface area (Å²) in [4.78, 5) is 12.9. The fourth-order valence-corrected chi connectivity index (χ4v) is 13.6. The molecule has 0 saturated carbocycles. The van der Waals surface area contributed by atoms with E-state index in [-0.39, 0.29) is 17.7 Å². The van der Waals surface area contributed by atoms with E-state index in [1.54, 1.807) is 0 Å². The summed E-state index contributed by atoms with van der Waals surface area (Å²) in [6.07, 6.45) is 0. The molecule has 0 amide bonds. The Morgan fingerprint density at radius 1 is 0.351 bits per heavy atom. The predicted octanol–water partition coefficient (Wildman–Crippen LogP) is 18.4. The molecule has 6 heteroatoms. The van der Waals surface area contributed by atoms with Gasteiger partial charge in [-0.05, 0) is 141 Å². The Hall–Kier alpha value is -7.64. The van der Waals surface area contributed by atoms with Gasteiger partial charge in [0.25, 0.3) is 0 Å². The molecule has 0 fully saturated rings. The van der Waals surface area contributed by atoms with Crippen molar-refractivity contribution in [1.82, 2.24) is 0 Å². The van der Waals surface area contributed by atoms with Gasteiger partial charge < -0.3 is 14.6 Å². The minimum Gasteiger partial charge on any atom is -0.376 e. The lowest BCUT2D eigenvalue weighted by atomic mass is 9.43. The number of nitrogens with zero attached hydrogens (tertiary/aromatic N) is 3. The monoisotopic (exact) mass is 989 g/mol. The van der Waals surface area contributed by atoms with E-state index >= 15 is 0 Å². The van der Waals surface area contributed by atoms with Crippen LogP contribution in [-0.2, 0) is 10.8 Å². The van der Waals surface area contributed by atoms with Crippen molar-refractivity contribution in [3.05, 3.63) is 242 Å². The van der Waals surface area contributed by atoms with Crippen LogP contribution in [-0.4, -0.2) is 6.85 Å². The quantitative estimate of drug-likeness (QED) is 0.147. The number of fused-ring (bicyclic) bond motifs is 6. The van der Waals surface area contributed by atoms with Gasteiger partial charge in [-0.3, -0.25) is 0 Å². The number of hydrogen-bond acceptors (Lipinski definition) is 5. The summed E-state index contributed by atoms with van der Waals surface area (Å²) in [5.41, 5.74) is 21.4. The van der Waals surface area contributed by atoms with Crippen molar-refractivity contribution < 1.29 is 0 Å². The fourth-order valence-electron chi connectivity index (χ4n) is 11.3. The SMILES string of the molecule is CC(C)(C)c1ccc(N2B3c4cc5c(cc4N(c4ccc(C(C)(C)C)cc4-c4ccccc4)c4cc(N(c6ccccc6)c6ccccc6)cc(c43)-c3ccccc32)Sc2ccccc2S5)c(-c2ccccc2)c1. The van der Waals surface area contributed by atoms with E-state index in [2.05, 4.69) is 287 Å². The van der Waals surface area contributed by atoms with Gasteiger partial charge >= 0.3 is 6.85 Å². The number of anilines is 8. The van der Waals surface area contributed by atoms with Gasteiger partial charge in [-0.2, -0.15) is 0 Å². The number of hydrogen-bond donors (Lipinski definition) is 0. The molecule has 0 aliphatic carbocycles. The molecule has 74 heavy (non-hydrogen) atoms. The second kappa shape index (κ2) is 18.1. The minimum absolute atomic E-state index is 0.0530. The summed E-state index contributed by atoms with van der Waals surface area (Å²) in [7, 11) is 0. The lowest BCUT2D eigenvalue weighted by molar-refractivity contribution is 0.590. The summed E-state index contributed by atoms with van der Waals surface area (Å²) < 4.78 is 0. The van der Waals surface area contributed by atoms with E-state index in [1.165, 1.54) is 92.1 Å². The molecule has 3 aliphatic heterocycles. The second-order valence-corrected chi connectivity index (χ2v) is 23.9. The lowest BCUT2D eigenvalue weighted by Crippen LogP contribution is -2.61. The van der Waals surface area contributed by atoms with E-state index in [1.807, 2.05) is 23.5 Å². The van der Waals surface area contributed by atoms with Crippen molar-refractivity contribution in [3.63, 3.8) is 0 Å². The van der Waals surface area contributed by atoms with Crippen LogP contribution in [0, 0.1) is 0 Å². The molecule has 0 atom stereocenters. The molecule has 358 valence electrons. The third-order valence-corrected chi connectivity index (χ3v) is 17.5. The first kappa shape index (κ1) is 46.2. The first-order valence-corrected chi connectivity index (χ1v) is 27.4. The summed E-state index contributed by atoms with van der Waals surface area (Å²) in [6, 6.07) is 86.3. The molecular formula is C68H56BN3S2. The molecule has 10 aromatic carbocycles. The molecule has 13 rings (SSSR count). The van der Waals surface area contributed by atoms with E-state index in [0.717, 1.165) is 28.4 Å². The van der Waals surface area contributed by atoms with Crippen molar-refractivity contribution in [3.8, 4) is 33.4 Å². The van der Waals surface area contributed by atoms with Crippen LogP contribution < -0.4 is 25.5 Å². The maximum Gasteiger partial charge on any atom is 0.333 e. The van der Waals surface area contributed by atoms with Crippen molar-refractivity contribution in [2.45, 2.75) is 72.0 Å². The van der Waals surface area contributed by atoms with E-state index in [0.29, 0.717) is 0 Å². The molecule has 3 heterocycles.